The van der Waals surface area contributed by atoms with Crippen LogP contribution in [0.5, 0.6) is 5.75 Å². The Hall–Kier alpha value is -1.81. The highest BCUT2D eigenvalue weighted by Gasteiger charge is 2.33. The zero-order chi connectivity index (χ0) is 14.4. The van der Waals surface area contributed by atoms with Crippen molar-refractivity contribution in [2.45, 2.75) is 39.3 Å². The highest BCUT2D eigenvalue weighted by Crippen LogP contribution is 2.40. The molecule has 1 aliphatic rings. The first kappa shape index (κ1) is 13.2. The number of methoxy groups -OCH3 is 1. The lowest BCUT2D eigenvalue weighted by atomic mass is 10.1. The lowest BCUT2D eigenvalue weighted by molar-refractivity contribution is 0.398. The first-order chi connectivity index (χ1) is 9.52. The van der Waals surface area contributed by atoms with Crippen LogP contribution in [0, 0.1) is 20.8 Å². The summed E-state index contributed by atoms with van der Waals surface area (Å²) in [5.41, 5.74) is 12.5. The molecule has 0 saturated carbocycles. The maximum absolute atomic E-state index is 6.46. The van der Waals surface area contributed by atoms with E-state index in [1.807, 2.05) is 6.07 Å². The van der Waals surface area contributed by atoms with Crippen LogP contribution in [0.2, 0.25) is 0 Å². The minimum atomic E-state index is -0.0301. The fourth-order valence-electron chi connectivity index (χ4n) is 3.06. The van der Waals surface area contributed by atoms with Crippen molar-refractivity contribution in [1.29, 1.82) is 0 Å². The molecular weight excluding hydrogens is 250 g/mol. The molecule has 0 fully saturated rings. The van der Waals surface area contributed by atoms with Crippen LogP contribution in [0.4, 0.5) is 0 Å². The molecule has 4 heteroatoms. The molecule has 0 bridgehead atoms. The minimum absolute atomic E-state index is 0.0301. The van der Waals surface area contributed by atoms with Crippen molar-refractivity contribution in [1.82, 2.24) is 9.78 Å². The predicted molar refractivity (Wildman–Crippen MR) is 79.1 cm³/mol. The Kier molecular flexibility index (Phi) is 3.05. The lowest BCUT2D eigenvalue weighted by Gasteiger charge is -2.18. The van der Waals surface area contributed by atoms with E-state index in [0.29, 0.717) is 0 Å². The van der Waals surface area contributed by atoms with E-state index in [-0.39, 0.29) is 12.1 Å². The SMILES string of the molecule is COc1ccc2c(c1)C(N)C(n1nc(C)c(C)c1C)C2. The number of benzene rings is 1. The fraction of sp³-hybridized carbons (Fsp3) is 0.438. The molecule has 1 heterocycles. The molecule has 2 unspecified atom stereocenters. The van der Waals surface area contributed by atoms with Crippen molar-refractivity contribution in [3.63, 3.8) is 0 Å². The first-order valence-corrected chi connectivity index (χ1v) is 6.97. The molecule has 2 atom stereocenters. The van der Waals surface area contributed by atoms with Crippen LogP contribution < -0.4 is 10.5 Å². The number of nitrogens with zero attached hydrogens (tertiary/aromatic N) is 2. The second-order valence-electron chi connectivity index (χ2n) is 5.60. The normalized spacial score (nSPS) is 21.1. The molecule has 106 valence electrons. The first-order valence-electron chi connectivity index (χ1n) is 6.97. The topological polar surface area (TPSA) is 53.1 Å². The van der Waals surface area contributed by atoms with Crippen molar-refractivity contribution in [2.24, 2.45) is 5.73 Å². The third-order valence-electron chi connectivity index (χ3n) is 4.56. The molecule has 0 amide bonds. The maximum atomic E-state index is 6.46. The summed E-state index contributed by atoms with van der Waals surface area (Å²) in [7, 11) is 1.68. The molecule has 0 spiro atoms. The lowest BCUT2D eigenvalue weighted by Crippen LogP contribution is -2.22. The van der Waals surface area contributed by atoms with Gasteiger partial charge in [0.2, 0.25) is 0 Å². The van der Waals surface area contributed by atoms with Crippen LogP contribution in [0.25, 0.3) is 0 Å². The number of ether oxygens (including phenoxy) is 1. The molecule has 0 aliphatic heterocycles. The fourth-order valence-corrected chi connectivity index (χ4v) is 3.06. The number of nitrogens with two attached hydrogens (primary N) is 1. The van der Waals surface area contributed by atoms with E-state index in [9.17, 15) is 0 Å². The quantitative estimate of drug-likeness (QED) is 0.913. The third-order valence-corrected chi connectivity index (χ3v) is 4.56. The van der Waals surface area contributed by atoms with Crippen molar-refractivity contribution in [3.8, 4) is 5.75 Å². The Morgan fingerprint density at radius 2 is 2.05 bits per heavy atom. The molecular formula is C16H21N3O. The van der Waals surface area contributed by atoms with Gasteiger partial charge in [0, 0.05) is 5.69 Å². The molecule has 3 rings (SSSR count). The summed E-state index contributed by atoms with van der Waals surface area (Å²) < 4.78 is 7.40. The van der Waals surface area contributed by atoms with E-state index in [0.717, 1.165) is 17.9 Å². The molecule has 1 aromatic carbocycles. The van der Waals surface area contributed by atoms with Crippen LogP contribution in [0.3, 0.4) is 0 Å². The number of hydrogen-bond acceptors (Lipinski definition) is 3. The highest BCUT2D eigenvalue weighted by atomic mass is 16.5. The Labute approximate surface area is 119 Å². The van der Waals surface area contributed by atoms with E-state index in [1.54, 1.807) is 7.11 Å². The van der Waals surface area contributed by atoms with Gasteiger partial charge in [0.15, 0.2) is 0 Å². The molecule has 20 heavy (non-hydrogen) atoms. The van der Waals surface area contributed by atoms with Crippen molar-refractivity contribution >= 4 is 0 Å². The van der Waals surface area contributed by atoms with E-state index >= 15 is 0 Å². The van der Waals surface area contributed by atoms with Gasteiger partial charge >= 0.3 is 0 Å². The maximum Gasteiger partial charge on any atom is 0.119 e. The van der Waals surface area contributed by atoms with Crippen LogP contribution in [-0.4, -0.2) is 16.9 Å². The number of fused-ring (bicyclic) bond motifs is 1. The van der Waals surface area contributed by atoms with Crippen LogP contribution in [0.1, 0.15) is 40.2 Å². The van der Waals surface area contributed by atoms with E-state index in [2.05, 4.69) is 42.7 Å². The van der Waals surface area contributed by atoms with Gasteiger partial charge in [-0.3, -0.25) is 4.68 Å². The Bertz CT molecular complexity index is 660. The molecule has 4 nitrogen and oxygen atoms in total. The van der Waals surface area contributed by atoms with Crippen LogP contribution >= 0.6 is 0 Å². The number of aromatic nitrogens is 2. The van der Waals surface area contributed by atoms with Crippen LogP contribution in [-0.2, 0) is 6.42 Å². The molecule has 0 radical (unpaired) electrons. The Balaban J connectivity index is 2.01. The van der Waals surface area contributed by atoms with Crippen molar-refractivity contribution in [2.75, 3.05) is 7.11 Å². The zero-order valence-corrected chi connectivity index (χ0v) is 12.5. The van der Waals surface area contributed by atoms with Gasteiger partial charge in [-0.2, -0.15) is 5.10 Å². The summed E-state index contributed by atoms with van der Waals surface area (Å²) in [6.07, 6.45) is 0.932. The van der Waals surface area contributed by atoms with E-state index < -0.39 is 0 Å². The standard InChI is InChI=1S/C16H21N3O/c1-9-10(2)18-19(11(9)3)15-7-12-5-6-13(20-4)8-14(12)16(15)17/h5-6,8,15-16H,7,17H2,1-4H3. The summed E-state index contributed by atoms with van der Waals surface area (Å²) >= 11 is 0. The van der Waals surface area contributed by atoms with Gasteiger partial charge in [0.05, 0.1) is 24.9 Å². The predicted octanol–water partition coefficient (Wildman–Crippen LogP) is 2.61. The van der Waals surface area contributed by atoms with Gasteiger partial charge in [-0.1, -0.05) is 6.07 Å². The van der Waals surface area contributed by atoms with Crippen molar-refractivity contribution in [3.05, 3.63) is 46.3 Å². The van der Waals surface area contributed by atoms with Gasteiger partial charge in [0.1, 0.15) is 5.75 Å². The van der Waals surface area contributed by atoms with Gasteiger partial charge in [0.25, 0.3) is 0 Å². The Morgan fingerprint density at radius 3 is 2.65 bits per heavy atom. The summed E-state index contributed by atoms with van der Waals surface area (Å²) in [4.78, 5) is 0. The number of rotatable bonds is 2. The highest BCUT2D eigenvalue weighted by molar-refractivity contribution is 5.42. The second-order valence-corrected chi connectivity index (χ2v) is 5.60. The number of aryl methyl sites for hydroxylation is 1. The second kappa shape index (κ2) is 4.63. The monoisotopic (exact) mass is 271 g/mol. The molecule has 0 saturated heterocycles. The summed E-state index contributed by atoms with van der Waals surface area (Å²) in [6, 6.07) is 6.34. The zero-order valence-electron chi connectivity index (χ0n) is 12.5. The average Bonchev–Trinajstić information content (AvgIpc) is 2.91. The van der Waals surface area contributed by atoms with Gasteiger partial charge in [-0.15, -0.1) is 0 Å². The van der Waals surface area contributed by atoms with Gasteiger partial charge in [-0.25, -0.2) is 0 Å². The van der Waals surface area contributed by atoms with E-state index in [4.69, 9.17) is 10.5 Å². The minimum Gasteiger partial charge on any atom is -0.497 e. The van der Waals surface area contributed by atoms with Crippen LogP contribution in [0.15, 0.2) is 18.2 Å². The largest absolute Gasteiger partial charge is 0.497 e. The molecule has 2 aromatic rings. The average molecular weight is 271 g/mol. The molecule has 1 aromatic heterocycles. The van der Waals surface area contributed by atoms with Gasteiger partial charge in [-0.05, 0) is 56.0 Å². The molecule has 1 aliphatic carbocycles. The third kappa shape index (κ3) is 1.83. The smallest absolute Gasteiger partial charge is 0.119 e. The van der Waals surface area contributed by atoms with Gasteiger partial charge < -0.3 is 10.5 Å². The summed E-state index contributed by atoms with van der Waals surface area (Å²) in [5, 5.41) is 4.67. The van der Waals surface area contributed by atoms with E-state index in [1.165, 1.54) is 22.4 Å². The molecule has 2 N–H and O–H groups in total. The summed E-state index contributed by atoms with van der Waals surface area (Å²) in [6.45, 7) is 6.28. The Morgan fingerprint density at radius 1 is 1.30 bits per heavy atom. The number of hydrogen-bond donors (Lipinski definition) is 1. The van der Waals surface area contributed by atoms with Crippen molar-refractivity contribution < 1.29 is 4.74 Å². The summed E-state index contributed by atoms with van der Waals surface area (Å²) in [5.74, 6) is 0.865.